The van der Waals surface area contributed by atoms with Gasteiger partial charge in [0.25, 0.3) is 0 Å². The first-order chi connectivity index (χ1) is 10.1. The van der Waals surface area contributed by atoms with Crippen LogP contribution in [-0.4, -0.2) is 14.2 Å². The molecule has 2 aromatic carbocycles. The van der Waals surface area contributed by atoms with Crippen LogP contribution in [0.25, 0.3) is 0 Å². The van der Waals surface area contributed by atoms with Crippen LogP contribution in [0.15, 0.2) is 40.9 Å². The summed E-state index contributed by atoms with van der Waals surface area (Å²) in [6.07, 6.45) is 0.808. The molecule has 0 aliphatic heterocycles. The number of likely N-dealkylation sites (N-methyl/N-ethyl adjacent to an activating group) is 1. The standard InChI is InChI=1S/C17H19BrClNO/c1-11-5-4-6-14(17(11)19)15(20-2)10-12-9-13(18)7-8-16(12)21-3/h4-9,15,20H,10H2,1-3H3. The lowest BCUT2D eigenvalue weighted by Crippen LogP contribution is -2.19. The first-order valence-corrected chi connectivity index (χ1v) is 7.98. The third-order valence-electron chi connectivity index (χ3n) is 3.61. The van der Waals surface area contributed by atoms with Gasteiger partial charge in [-0.1, -0.05) is 45.7 Å². The quantitative estimate of drug-likeness (QED) is 0.808. The highest BCUT2D eigenvalue weighted by atomic mass is 79.9. The summed E-state index contributed by atoms with van der Waals surface area (Å²) in [4.78, 5) is 0. The number of nitrogens with one attached hydrogen (secondary N) is 1. The minimum atomic E-state index is 0.139. The molecule has 2 aromatic rings. The van der Waals surface area contributed by atoms with Crippen LogP contribution in [0.4, 0.5) is 0 Å². The van der Waals surface area contributed by atoms with E-state index in [2.05, 4.69) is 33.4 Å². The summed E-state index contributed by atoms with van der Waals surface area (Å²) in [7, 11) is 3.65. The number of halogens is 2. The van der Waals surface area contributed by atoms with Gasteiger partial charge in [0.15, 0.2) is 0 Å². The smallest absolute Gasteiger partial charge is 0.122 e. The van der Waals surface area contributed by atoms with Crippen molar-refractivity contribution in [2.24, 2.45) is 0 Å². The van der Waals surface area contributed by atoms with Crippen LogP contribution in [0.1, 0.15) is 22.7 Å². The molecule has 0 saturated carbocycles. The van der Waals surface area contributed by atoms with Gasteiger partial charge in [-0.15, -0.1) is 0 Å². The van der Waals surface area contributed by atoms with Gasteiger partial charge in [-0.3, -0.25) is 0 Å². The van der Waals surface area contributed by atoms with Crippen molar-refractivity contribution < 1.29 is 4.74 Å². The SMILES string of the molecule is CNC(Cc1cc(Br)ccc1OC)c1cccc(C)c1Cl. The second kappa shape index (κ2) is 7.30. The van der Waals surface area contributed by atoms with E-state index >= 15 is 0 Å². The fraction of sp³-hybridized carbons (Fsp3) is 0.294. The number of rotatable bonds is 5. The second-order valence-corrected chi connectivity index (χ2v) is 6.27. The minimum absolute atomic E-state index is 0.139. The van der Waals surface area contributed by atoms with Crippen LogP contribution in [-0.2, 0) is 6.42 Å². The Bertz CT molecular complexity index is 630. The zero-order valence-electron chi connectivity index (χ0n) is 12.4. The molecule has 4 heteroatoms. The van der Waals surface area contributed by atoms with Crippen LogP contribution in [0.2, 0.25) is 5.02 Å². The monoisotopic (exact) mass is 367 g/mol. The van der Waals surface area contributed by atoms with E-state index in [1.54, 1.807) is 7.11 Å². The van der Waals surface area contributed by atoms with Gasteiger partial charge in [-0.05, 0) is 55.3 Å². The van der Waals surface area contributed by atoms with Crippen LogP contribution in [0.3, 0.4) is 0 Å². The Morgan fingerprint density at radius 3 is 2.71 bits per heavy atom. The Kier molecular flexibility index (Phi) is 5.68. The van der Waals surface area contributed by atoms with Gasteiger partial charge in [0.1, 0.15) is 5.75 Å². The first-order valence-electron chi connectivity index (χ1n) is 6.81. The Labute approximate surface area is 139 Å². The molecule has 2 rings (SSSR count). The van der Waals surface area contributed by atoms with E-state index in [-0.39, 0.29) is 6.04 Å². The fourth-order valence-electron chi connectivity index (χ4n) is 2.43. The average Bonchev–Trinajstić information content (AvgIpc) is 2.48. The van der Waals surface area contributed by atoms with Crippen LogP contribution < -0.4 is 10.1 Å². The Morgan fingerprint density at radius 2 is 2.05 bits per heavy atom. The number of benzene rings is 2. The summed E-state index contributed by atoms with van der Waals surface area (Å²) in [5.41, 5.74) is 3.35. The molecular formula is C17H19BrClNO. The first kappa shape index (κ1) is 16.3. The van der Waals surface area contributed by atoms with Crippen molar-refractivity contribution in [1.82, 2.24) is 5.32 Å². The lowest BCUT2D eigenvalue weighted by Gasteiger charge is -2.20. The Balaban J connectivity index is 2.35. The minimum Gasteiger partial charge on any atom is -0.496 e. The van der Waals surface area contributed by atoms with Gasteiger partial charge in [0.2, 0.25) is 0 Å². The van der Waals surface area contributed by atoms with Crippen LogP contribution in [0, 0.1) is 6.92 Å². The molecule has 0 bridgehead atoms. The van der Waals surface area contributed by atoms with Crippen LogP contribution in [0.5, 0.6) is 5.75 Å². The number of aryl methyl sites for hydroxylation is 1. The summed E-state index contributed by atoms with van der Waals surface area (Å²) in [6.45, 7) is 2.03. The van der Waals surface area contributed by atoms with E-state index in [4.69, 9.17) is 16.3 Å². The lowest BCUT2D eigenvalue weighted by atomic mass is 9.97. The molecule has 0 aliphatic carbocycles. The molecule has 112 valence electrons. The summed E-state index contributed by atoms with van der Waals surface area (Å²) >= 11 is 9.98. The molecule has 0 radical (unpaired) electrons. The second-order valence-electron chi connectivity index (χ2n) is 4.98. The van der Waals surface area contributed by atoms with E-state index in [0.29, 0.717) is 0 Å². The molecule has 0 spiro atoms. The molecule has 1 N–H and O–H groups in total. The van der Waals surface area contributed by atoms with Crippen molar-refractivity contribution in [2.75, 3.05) is 14.2 Å². The molecule has 0 aromatic heterocycles. The van der Waals surface area contributed by atoms with Crippen molar-refractivity contribution in [3.8, 4) is 5.75 Å². The zero-order chi connectivity index (χ0) is 15.4. The van der Waals surface area contributed by atoms with E-state index in [9.17, 15) is 0 Å². The topological polar surface area (TPSA) is 21.3 Å². The third kappa shape index (κ3) is 3.79. The third-order valence-corrected chi connectivity index (χ3v) is 4.62. The van der Waals surface area contributed by atoms with E-state index < -0.39 is 0 Å². The number of ether oxygens (including phenoxy) is 1. The number of hydrogen-bond acceptors (Lipinski definition) is 2. The maximum Gasteiger partial charge on any atom is 0.122 e. The molecule has 21 heavy (non-hydrogen) atoms. The van der Waals surface area contributed by atoms with Crippen molar-refractivity contribution in [3.63, 3.8) is 0 Å². The van der Waals surface area contributed by atoms with Gasteiger partial charge in [-0.25, -0.2) is 0 Å². The maximum atomic E-state index is 6.46. The predicted molar refractivity (Wildman–Crippen MR) is 92.4 cm³/mol. The van der Waals surface area contributed by atoms with Crippen LogP contribution >= 0.6 is 27.5 Å². The van der Waals surface area contributed by atoms with E-state index in [0.717, 1.165) is 38.4 Å². The normalized spacial score (nSPS) is 12.2. The molecule has 1 unspecified atom stereocenters. The molecule has 2 nitrogen and oxygen atoms in total. The van der Waals surface area contributed by atoms with Gasteiger partial charge < -0.3 is 10.1 Å². The summed E-state index contributed by atoms with van der Waals surface area (Å²) < 4.78 is 6.50. The summed E-state index contributed by atoms with van der Waals surface area (Å²) in [5, 5.41) is 4.18. The zero-order valence-corrected chi connectivity index (χ0v) is 14.8. The summed E-state index contributed by atoms with van der Waals surface area (Å²) in [6, 6.07) is 12.3. The van der Waals surface area contributed by atoms with Crippen molar-refractivity contribution in [3.05, 3.63) is 62.6 Å². The predicted octanol–water partition coefficient (Wildman–Crippen LogP) is 4.92. The molecule has 1 atom stereocenters. The number of methoxy groups -OCH3 is 1. The molecule has 0 aliphatic rings. The van der Waals surface area contributed by atoms with E-state index in [1.165, 1.54) is 0 Å². The van der Waals surface area contributed by atoms with Gasteiger partial charge in [-0.2, -0.15) is 0 Å². The fourth-order valence-corrected chi connectivity index (χ4v) is 3.10. The molecule has 0 heterocycles. The van der Waals surface area contributed by atoms with Gasteiger partial charge in [0.05, 0.1) is 7.11 Å². The van der Waals surface area contributed by atoms with Gasteiger partial charge in [0, 0.05) is 15.5 Å². The molecular weight excluding hydrogens is 350 g/mol. The van der Waals surface area contributed by atoms with Crippen molar-refractivity contribution in [1.29, 1.82) is 0 Å². The highest BCUT2D eigenvalue weighted by Gasteiger charge is 2.17. The molecule has 0 fully saturated rings. The van der Waals surface area contributed by atoms with E-state index in [1.807, 2.05) is 38.2 Å². The average molecular weight is 369 g/mol. The van der Waals surface area contributed by atoms with Crippen molar-refractivity contribution in [2.45, 2.75) is 19.4 Å². The Morgan fingerprint density at radius 1 is 1.29 bits per heavy atom. The molecule has 0 saturated heterocycles. The number of hydrogen-bond donors (Lipinski definition) is 1. The summed E-state index contributed by atoms with van der Waals surface area (Å²) in [5.74, 6) is 0.891. The highest BCUT2D eigenvalue weighted by molar-refractivity contribution is 9.10. The van der Waals surface area contributed by atoms with Crippen molar-refractivity contribution >= 4 is 27.5 Å². The highest BCUT2D eigenvalue weighted by Crippen LogP contribution is 2.31. The molecule has 0 amide bonds. The maximum absolute atomic E-state index is 6.46. The Hall–Kier alpha value is -1.03. The lowest BCUT2D eigenvalue weighted by molar-refractivity contribution is 0.406. The largest absolute Gasteiger partial charge is 0.496 e. The van der Waals surface area contributed by atoms with Gasteiger partial charge >= 0.3 is 0 Å².